The van der Waals surface area contributed by atoms with E-state index in [1.165, 1.54) is 0 Å². The van der Waals surface area contributed by atoms with Gasteiger partial charge in [0.15, 0.2) is 0 Å². The van der Waals surface area contributed by atoms with E-state index in [4.69, 9.17) is 9.47 Å². The van der Waals surface area contributed by atoms with Crippen molar-refractivity contribution in [2.45, 2.75) is 59.5 Å². The molecule has 0 radical (unpaired) electrons. The summed E-state index contributed by atoms with van der Waals surface area (Å²) in [6.07, 6.45) is 1.97. The average molecular weight is 254 g/mol. The zero-order valence-corrected chi connectivity index (χ0v) is 11.8. The van der Waals surface area contributed by atoms with E-state index in [9.17, 15) is 9.59 Å². The van der Waals surface area contributed by atoms with Crippen molar-refractivity contribution < 1.29 is 19.1 Å². The lowest BCUT2D eigenvalue weighted by molar-refractivity contribution is -0.152. The molecule has 4 heteroatoms. The zero-order valence-electron chi connectivity index (χ0n) is 11.8. The molecule has 0 N–H and O–H groups in total. The molecule has 0 saturated carbocycles. The predicted octanol–water partition coefficient (Wildman–Crippen LogP) is 2.97. The molecule has 18 heavy (non-hydrogen) atoms. The highest BCUT2D eigenvalue weighted by atomic mass is 16.6. The van der Waals surface area contributed by atoms with Crippen molar-refractivity contribution in [3.05, 3.63) is 11.3 Å². The Kier molecular flexibility index (Phi) is 4.54. The quantitative estimate of drug-likeness (QED) is 0.726. The molecule has 0 unspecified atom stereocenters. The van der Waals surface area contributed by atoms with Crippen molar-refractivity contribution in [3.8, 4) is 0 Å². The van der Waals surface area contributed by atoms with E-state index in [1.807, 2.05) is 27.7 Å². The van der Waals surface area contributed by atoms with Crippen molar-refractivity contribution in [2.75, 3.05) is 0 Å². The van der Waals surface area contributed by atoms with Crippen LogP contribution in [0, 0.1) is 5.92 Å². The van der Waals surface area contributed by atoms with Crippen LogP contribution in [0.2, 0.25) is 0 Å². The predicted molar refractivity (Wildman–Crippen MR) is 67.7 cm³/mol. The Morgan fingerprint density at radius 1 is 1.44 bits per heavy atom. The number of ether oxygens (including phenoxy) is 2. The van der Waals surface area contributed by atoms with Gasteiger partial charge in [-0.15, -0.1) is 0 Å². The lowest BCUT2D eigenvalue weighted by Crippen LogP contribution is -2.31. The highest BCUT2D eigenvalue weighted by Gasteiger charge is 2.34. The molecule has 1 rings (SSSR count). The zero-order chi connectivity index (χ0) is 13.9. The van der Waals surface area contributed by atoms with Gasteiger partial charge in [-0.25, -0.2) is 4.79 Å². The maximum atomic E-state index is 12.1. The van der Waals surface area contributed by atoms with E-state index in [0.29, 0.717) is 11.3 Å². The molecule has 0 aromatic carbocycles. The lowest BCUT2D eigenvalue weighted by Gasteiger charge is -2.27. The first-order valence-electron chi connectivity index (χ1n) is 6.39. The molecule has 0 amide bonds. The van der Waals surface area contributed by atoms with Crippen LogP contribution in [-0.2, 0) is 19.1 Å². The minimum absolute atomic E-state index is 0.0777. The molecular formula is C14H22O4. The molecule has 1 aliphatic rings. The van der Waals surface area contributed by atoms with Gasteiger partial charge < -0.3 is 9.47 Å². The second-order valence-corrected chi connectivity index (χ2v) is 5.64. The van der Waals surface area contributed by atoms with Gasteiger partial charge in [0.1, 0.15) is 11.4 Å². The standard InChI is InChI=1S/C14H22O4/c1-6-7-10-8-11(15)17-9(2)12(10)13(16)18-14(3,4)5/h10H,6-8H2,1-5H3/t10-/m0/s1. The summed E-state index contributed by atoms with van der Waals surface area (Å²) in [4.78, 5) is 23.5. The molecule has 1 heterocycles. The van der Waals surface area contributed by atoms with Gasteiger partial charge in [0.05, 0.1) is 12.0 Å². The first kappa shape index (κ1) is 14.7. The van der Waals surface area contributed by atoms with Gasteiger partial charge in [-0.1, -0.05) is 13.3 Å². The van der Waals surface area contributed by atoms with Gasteiger partial charge in [0.25, 0.3) is 0 Å². The highest BCUT2D eigenvalue weighted by Crippen LogP contribution is 2.31. The Hall–Kier alpha value is -1.32. The van der Waals surface area contributed by atoms with Crippen LogP contribution in [-0.4, -0.2) is 17.5 Å². The van der Waals surface area contributed by atoms with Gasteiger partial charge >= 0.3 is 11.9 Å². The van der Waals surface area contributed by atoms with Crippen molar-refractivity contribution in [1.29, 1.82) is 0 Å². The van der Waals surface area contributed by atoms with Gasteiger partial charge in [-0.2, -0.15) is 0 Å². The summed E-state index contributed by atoms with van der Waals surface area (Å²) < 4.78 is 10.4. The van der Waals surface area contributed by atoms with E-state index < -0.39 is 5.60 Å². The lowest BCUT2D eigenvalue weighted by atomic mass is 9.88. The number of cyclic esters (lactones) is 1. The van der Waals surface area contributed by atoms with Crippen LogP contribution in [0.1, 0.15) is 53.9 Å². The minimum atomic E-state index is -0.539. The number of carbonyl (C=O) groups excluding carboxylic acids is 2. The second-order valence-electron chi connectivity index (χ2n) is 5.64. The van der Waals surface area contributed by atoms with E-state index in [0.717, 1.165) is 12.8 Å². The number of hydrogen-bond donors (Lipinski definition) is 0. The summed E-state index contributed by atoms with van der Waals surface area (Å²) >= 11 is 0. The van der Waals surface area contributed by atoms with Crippen molar-refractivity contribution in [2.24, 2.45) is 5.92 Å². The summed E-state index contributed by atoms with van der Waals surface area (Å²) in [5, 5.41) is 0. The van der Waals surface area contributed by atoms with Crippen LogP contribution in [0.25, 0.3) is 0 Å². The van der Waals surface area contributed by atoms with E-state index in [-0.39, 0.29) is 24.3 Å². The van der Waals surface area contributed by atoms with Crippen LogP contribution in [0.3, 0.4) is 0 Å². The molecule has 0 saturated heterocycles. The maximum Gasteiger partial charge on any atom is 0.338 e. The van der Waals surface area contributed by atoms with E-state index in [1.54, 1.807) is 6.92 Å². The van der Waals surface area contributed by atoms with Crippen LogP contribution in [0.4, 0.5) is 0 Å². The molecule has 0 aliphatic carbocycles. The molecule has 102 valence electrons. The second kappa shape index (κ2) is 5.55. The Labute approximate surface area is 108 Å². The third-order valence-electron chi connectivity index (χ3n) is 2.72. The first-order valence-corrected chi connectivity index (χ1v) is 6.39. The minimum Gasteiger partial charge on any atom is -0.457 e. The average Bonchev–Trinajstić information content (AvgIpc) is 2.13. The van der Waals surface area contributed by atoms with Crippen LogP contribution >= 0.6 is 0 Å². The maximum absolute atomic E-state index is 12.1. The Balaban J connectivity index is 2.96. The summed E-state index contributed by atoms with van der Waals surface area (Å²) in [5.74, 6) is -0.325. The topological polar surface area (TPSA) is 52.6 Å². The van der Waals surface area contributed by atoms with E-state index in [2.05, 4.69) is 0 Å². The van der Waals surface area contributed by atoms with Crippen molar-refractivity contribution in [3.63, 3.8) is 0 Å². The van der Waals surface area contributed by atoms with Crippen molar-refractivity contribution in [1.82, 2.24) is 0 Å². The van der Waals surface area contributed by atoms with Gasteiger partial charge in [0, 0.05) is 5.92 Å². The molecule has 0 aromatic rings. The Morgan fingerprint density at radius 3 is 2.56 bits per heavy atom. The summed E-state index contributed by atoms with van der Waals surface area (Å²) in [7, 11) is 0. The number of rotatable bonds is 3. The fourth-order valence-corrected chi connectivity index (χ4v) is 2.10. The molecule has 1 aliphatic heterocycles. The first-order chi connectivity index (χ1) is 8.24. The fourth-order valence-electron chi connectivity index (χ4n) is 2.10. The highest BCUT2D eigenvalue weighted by molar-refractivity contribution is 5.92. The van der Waals surface area contributed by atoms with Gasteiger partial charge in [-0.3, -0.25) is 4.79 Å². The van der Waals surface area contributed by atoms with Crippen LogP contribution in [0.5, 0.6) is 0 Å². The van der Waals surface area contributed by atoms with E-state index >= 15 is 0 Å². The monoisotopic (exact) mass is 254 g/mol. The summed E-state index contributed by atoms with van der Waals surface area (Å²) in [5.41, 5.74) is -0.0193. The number of carbonyl (C=O) groups is 2. The molecular weight excluding hydrogens is 232 g/mol. The molecule has 4 nitrogen and oxygen atoms in total. The summed E-state index contributed by atoms with van der Waals surface area (Å²) in [6.45, 7) is 9.15. The van der Waals surface area contributed by atoms with Crippen LogP contribution in [0.15, 0.2) is 11.3 Å². The largest absolute Gasteiger partial charge is 0.457 e. The van der Waals surface area contributed by atoms with Crippen LogP contribution < -0.4 is 0 Å². The fraction of sp³-hybridized carbons (Fsp3) is 0.714. The molecule has 0 bridgehead atoms. The Morgan fingerprint density at radius 2 is 2.06 bits per heavy atom. The number of allylic oxidation sites excluding steroid dienone is 1. The van der Waals surface area contributed by atoms with Gasteiger partial charge in [0.2, 0.25) is 0 Å². The van der Waals surface area contributed by atoms with Crippen molar-refractivity contribution >= 4 is 11.9 Å². The summed E-state index contributed by atoms with van der Waals surface area (Å²) in [6, 6.07) is 0. The molecule has 0 fully saturated rings. The third kappa shape index (κ3) is 3.86. The third-order valence-corrected chi connectivity index (χ3v) is 2.72. The number of esters is 2. The smallest absolute Gasteiger partial charge is 0.338 e. The Bertz CT molecular complexity index is 374. The number of hydrogen-bond acceptors (Lipinski definition) is 4. The normalized spacial score (nSPS) is 20.7. The molecule has 0 spiro atoms. The molecule has 0 aromatic heterocycles. The molecule has 1 atom stereocenters. The SMILES string of the molecule is CCC[C@H]1CC(=O)OC(C)=C1C(=O)OC(C)(C)C. The van der Waals surface area contributed by atoms with Gasteiger partial charge in [-0.05, 0) is 34.1 Å².